The average molecular weight is 351 g/mol. The van der Waals surface area contributed by atoms with E-state index in [1.165, 1.54) is 11.3 Å². The van der Waals surface area contributed by atoms with Crippen LogP contribution in [0.5, 0.6) is 5.75 Å². The minimum Gasteiger partial charge on any atom is -0.497 e. The summed E-state index contributed by atoms with van der Waals surface area (Å²) < 4.78 is 7.20. The largest absolute Gasteiger partial charge is 0.497 e. The second-order valence-electron chi connectivity index (χ2n) is 6.81. The standard InChI is InChI=1S/C20H25N5O/c1-15(16-5-4-6-17(13-16)26-3)24-9-11-25(12-10-24)19-7-8-21-20-18(19)14-22-23(20)2/h4-8,13-15H,9-12H2,1-3H3. The summed E-state index contributed by atoms with van der Waals surface area (Å²) >= 11 is 0. The summed E-state index contributed by atoms with van der Waals surface area (Å²) in [7, 11) is 3.66. The second-order valence-corrected chi connectivity index (χ2v) is 6.81. The summed E-state index contributed by atoms with van der Waals surface area (Å²) in [5.74, 6) is 0.920. The molecule has 4 rings (SSSR count). The van der Waals surface area contributed by atoms with E-state index >= 15 is 0 Å². The highest BCUT2D eigenvalue weighted by molar-refractivity contribution is 5.89. The van der Waals surface area contributed by atoms with E-state index in [0.717, 1.165) is 43.0 Å². The van der Waals surface area contributed by atoms with Crippen molar-refractivity contribution in [1.82, 2.24) is 19.7 Å². The molecule has 1 saturated heterocycles. The molecule has 0 radical (unpaired) electrons. The molecule has 1 aliphatic heterocycles. The molecule has 1 fully saturated rings. The zero-order valence-electron chi connectivity index (χ0n) is 15.6. The molecule has 1 unspecified atom stereocenters. The Morgan fingerprint density at radius 3 is 2.69 bits per heavy atom. The van der Waals surface area contributed by atoms with E-state index < -0.39 is 0 Å². The van der Waals surface area contributed by atoms with Crippen molar-refractivity contribution in [3.63, 3.8) is 0 Å². The van der Waals surface area contributed by atoms with Gasteiger partial charge in [0.05, 0.1) is 24.4 Å². The summed E-state index contributed by atoms with van der Waals surface area (Å²) in [5.41, 5.74) is 3.47. The minimum absolute atomic E-state index is 0.378. The van der Waals surface area contributed by atoms with Crippen LogP contribution in [0.1, 0.15) is 18.5 Å². The Morgan fingerprint density at radius 2 is 1.92 bits per heavy atom. The lowest BCUT2D eigenvalue weighted by Gasteiger charge is -2.39. The second kappa shape index (κ2) is 6.96. The fraction of sp³-hybridized carbons (Fsp3) is 0.400. The highest BCUT2D eigenvalue weighted by atomic mass is 16.5. The monoisotopic (exact) mass is 351 g/mol. The molecule has 6 heteroatoms. The Morgan fingerprint density at radius 1 is 1.12 bits per heavy atom. The van der Waals surface area contributed by atoms with Gasteiger partial charge >= 0.3 is 0 Å². The van der Waals surface area contributed by atoms with Gasteiger partial charge in [0.25, 0.3) is 0 Å². The van der Waals surface area contributed by atoms with E-state index in [2.05, 4.69) is 51.1 Å². The smallest absolute Gasteiger partial charge is 0.159 e. The van der Waals surface area contributed by atoms with Crippen molar-refractivity contribution in [3.8, 4) is 5.75 Å². The van der Waals surface area contributed by atoms with Crippen LogP contribution in [0.4, 0.5) is 5.69 Å². The molecule has 2 aromatic heterocycles. The first-order chi connectivity index (χ1) is 12.7. The van der Waals surface area contributed by atoms with E-state index in [1.807, 2.05) is 30.2 Å². The number of pyridine rings is 1. The molecule has 0 aliphatic carbocycles. The number of hydrogen-bond donors (Lipinski definition) is 0. The number of anilines is 1. The number of methoxy groups -OCH3 is 1. The Labute approximate surface area is 154 Å². The van der Waals surface area contributed by atoms with Crippen molar-refractivity contribution in [2.45, 2.75) is 13.0 Å². The number of piperazine rings is 1. The molecule has 1 atom stereocenters. The summed E-state index contributed by atoms with van der Waals surface area (Å²) in [6.07, 6.45) is 3.80. The lowest BCUT2D eigenvalue weighted by Crippen LogP contribution is -2.47. The van der Waals surface area contributed by atoms with Crippen LogP contribution in [0.15, 0.2) is 42.7 Å². The first-order valence-electron chi connectivity index (χ1n) is 9.07. The van der Waals surface area contributed by atoms with Crippen molar-refractivity contribution in [2.24, 2.45) is 7.05 Å². The highest BCUT2D eigenvalue weighted by Crippen LogP contribution is 2.29. The zero-order chi connectivity index (χ0) is 18.1. The SMILES string of the molecule is COc1cccc(C(C)N2CCN(c3ccnc4c3cnn4C)CC2)c1. The maximum atomic E-state index is 5.37. The maximum absolute atomic E-state index is 5.37. The molecule has 0 spiro atoms. The van der Waals surface area contributed by atoms with E-state index in [0.29, 0.717) is 6.04 Å². The quantitative estimate of drug-likeness (QED) is 0.723. The number of fused-ring (bicyclic) bond motifs is 1. The number of ether oxygens (including phenoxy) is 1. The van der Waals surface area contributed by atoms with Crippen molar-refractivity contribution in [1.29, 1.82) is 0 Å². The molecule has 0 saturated carbocycles. The summed E-state index contributed by atoms with van der Waals surface area (Å²) in [5, 5.41) is 5.48. The van der Waals surface area contributed by atoms with E-state index in [-0.39, 0.29) is 0 Å². The molecule has 3 heterocycles. The van der Waals surface area contributed by atoms with Crippen LogP contribution < -0.4 is 9.64 Å². The summed E-state index contributed by atoms with van der Waals surface area (Å²) in [4.78, 5) is 9.43. The molecule has 136 valence electrons. The first-order valence-corrected chi connectivity index (χ1v) is 9.07. The van der Waals surface area contributed by atoms with Gasteiger partial charge in [-0.2, -0.15) is 5.10 Å². The van der Waals surface area contributed by atoms with Gasteiger partial charge in [-0.05, 0) is 30.7 Å². The van der Waals surface area contributed by atoms with Crippen molar-refractivity contribution in [2.75, 3.05) is 38.2 Å². The zero-order valence-corrected chi connectivity index (χ0v) is 15.6. The Kier molecular flexibility index (Phi) is 4.51. The van der Waals surface area contributed by atoms with Crippen LogP contribution >= 0.6 is 0 Å². The first kappa shape index (κ1) is 16.8. The Bertz CT molecular complexity index is 898. The van der Waals surface area contributed by atoms with E-state index in [1.54, 1.807) is 7.11 Å². The third kappa shape index (κ3) is 3.01. The van der Waals surface area contributed by atoms with Crippen molar-refractivity contribution >= 4 is 16.7 Å². The van der Waals surface area contributed by atoms with Gasteiger partial charge in [-0.25, -0.2) is 4.98 Å². The van der Waals surface area contributed by atoms with Gasteiger partial charge in [0.1, 0.15) is 5.75 Å². The number of hydrogen-bond acceptors (Lipinski definition) is 5. The highest BCUT2D eigenvalue weighted by Gasteiger charge is 2.23. The van der Waals surface area contributed by atoms with Gasteiger partial charge in [-0.1, -0.05) is 12.1 Å². The predicted molar refractivity (Wildman–Crippen MR) is 104 cm³/mol. The van der Waals surface area contributed by atoms with Crippen LogP contribution in [0.2, 0.25) is 0 Å². The lowest BCUT2D eigenvalue weighted by atomic mass is 10.1. The van der Waals surface area contributed by atoms with Gasteiger partial charge in [-0.3, -0.25) is 9.58 Å². The average Bonchev–Trinajstić information content (AvgIpc) is 3.09. The molecule has 3 aromatic rings. The van der Waals surface area contributed by atoms with Crippen LogP contribution in [0.3, 0.4) is 0 Å². The fourth-order valence-corrected chi connectivity index (χ4v) is 3.77. The van der Waals surface area contributed by atoms with Crippen LogP contribution in [-0.4, -0.2) is 53.0 Å². The topological polar surface area (TPSA) is 46.4 Å². The molecule has 1 aromatic carbocycles. The van der Waals surface area contributed by atoms with E-state index in [4.69, 9.17) is 4.74 Å². The van der Waals surface area contributed by atoms with Gasteiger partial charge in [0.2, 0.25) is 0 Å². The Balaban J connectivity index is 1.48. The van der Waals surface area contributed by atoms with Gasteiger partial charge < -0.3 is 9.64 Å². The molecule has 0 N–H and O–H groups in total. The van der Waals surface area contributed by atoms with Crippen molar-refractivity contribution in [3.05, 3.63) is 48.3 Å². The third-order valence-electron chi connectivity index (χ3n) is 5.39. The van der Waals surface area contributed by atoms with Gasteiger partial charge in [0, 0.05) is 45.5 Å². The lowest BCUT2D eigenvalue weighted by molar-refractivity contribution is 0.198. The summed E-state index contributed by atoms with van der Waals surface area (Å²) in [6, 6.07) is 10.9. The maximum Gasteiger partial charge on any atom is 0.159 e. The molecule has 26 heavy (non-hydrogen) atoms. The summed E-state index contributed by atoms with van der Waals surface area (Å²) in [6.45, 7) is 6.34. The number of aromatic nitrogens is 3. The number of nitrogens with zero attached hydrogens (tertiary/aromatic N) is 5. The van der Waals surface area contributed by atoms with Crippen LogP contribution in [0.25, 0.3) is 11.0 Å². The number of rotatable bonds is 4. The molecular formula is C20H25N5O. The van der Waals surface area contributed by atoms with Crippen LogP contribution in [0, 0.1) is 0 Å². The number of benzene rings is 1. The predicted octanol–water partition coefficient (Wildman–Crippen LogP) is 2.86. The molecule has 6 nitrogen and oxygen atoms in total. The molecular weight excluding hydrogens is 326 g/mol. The number of aryl methyl sites for hydroxylation is 1. The molecule has 0 bridgehead atoms. The Hall–Kier alpha value is -2.60. The third-order valence-corrected chi connectivity index (χ3v) is 5.39. The molecule has 1 aliphatic rings. The molecule has 0 amide bonds. The normalized spacial score (nSPS) is 16.8. The van der Waals surface area contributed by atoms with Crippen LogP contribution in [-0.2, 0) is 7.05 Å². The van der Waals surface area contributed by atoms with E-state index in [9.17, 15) is 0 Å². The van der Waals surface area contributed by atoms with Crippen molar-refractivity contribution < 1.29 is 4.74 Å². The van der Waals surface area contributed by atoms with Gasteiger partial charge in [0.15, 0.2) is 5.65 Å². The fourth-order valence-electron chi connectivity index (χ4n) is 3.77. The minimum atomic E-state index is 0.378. The van der Waals surface area contributed by atoms with Gasteiger partial charge in [-0.15, -0.1) is 0 Å².